The van der Waals surface area contributed by atoms with Crippen LogP contribution in [0.25, 0.3) is 0 Å². The zero-order chi connectivity index (χ0) is 19.4. The third-order valence-electron chi connectivity index (χ3n) is 3.99. The minimum Gasteiger partial charge on any atom is -0.495 e. The van der Waals surface area contributed by atoms with E-state index in [4.69, 9.17) is 9.47 Å². The molecule has 0 aliphatic carbocycles. The van der Waals surface area contributed by atoms with Crippen molar-refractivity contribution in [3.05, 3.63) is 53.6 Å². The lowest BCUT2D eigenvalue weighted by Crippen LogP contribution is -2.28. The van der Waals surface area contributed by atoms with Gasteiger partial charge in [-0.2, -0.15) is 0 Å². The fourth-order valence-electron chi connectivity index (χ4n) is 2.47. The first-order valence-electron chi connectivity index (χ1n) is 8.51. The van der Waals surface area contributed by atoms with E-state index in [9.17, 15) is 8.42 Å². The van der Waals surface area contributed by atoms with Crippen molar-refractivity contribution in [2.24, 2.45) is 0 Å². The number of sulfonamides is 1. The molecule has 0 amide bonds. The average molecular weight is 378 g/mol. The molecule has 5 nitrogen and oxygen atoms in total. The summed E-state index contributed by atoms with van der Waals surface area (Å²) in [5.41, 5.74) is 2.15. The smallest absolute Gasteiger partial charge is 0.244 e. The van der Waals surface area contributed by atoms with E-state index in [1.807, 2.05) is 37.3 Å². The summed E-state index contributed by atoms with van der Waals surface area (Å²) in [6, 6.07) is 12.9. The zero-order valence-electron chi connectivity index (χ0n) is 16.0. The highest BCUT2D eigenvalue weighted by Gasteiger charge is 2.19. The van der Waals surface area contributed by atoms with Crippen LogP contribution in [0.5, 0.6) is 11.5 Å². The van der Waals surface area contributed by atoms with Gasteiger partial charge in [0.2, 0.25) is 10.0 Å². The lowest BCUT2D eigenvalue weighted by atomic mass is 9.87. The molecule has 0 heterocycles. The second-order valence-electron chi connectivity index (χ2n) is 7.17. The van der Waals surface area contributed by atoms with Crippen LogP contribution in [0, 0.1) is 6.92 Å². The predicted molar refractivity (Wildman–Crippen MR) is 104 cm³/mol. The van der Waals surface area contributed by atoms with Crippen LogP contribution in [0.2, 0.25) is 0 Å². The lowest BCUT2D eigenvalue weighted by Gasteiger charge is -2.19. The maximum atomic E-state index is 12.5. The number of hydrogen-bond acceptors (Lipinski definition) is 4. The zero-order valence-corrected chi connectivity index (χ0v) is 16.8. The quantitative estimate of drug-likeness (QED) is 0.748. The fourth-order valence-corrected chi connectivity index (χ4v) is 3.73. The number of rotatable bonds is 7. The molecule has 6 heteroatoms. The Morgan fingerprint density at radius 1 is 1.04 bits per heavy atom. The van der Waals surface area contributed by atoms with Crippen molar-refractivity contribution in [2.75, 3.05) is 20.3 Å². The van der Waals surface area contributed by atoms with Gasteiger partial charge in [-0.1, -0.05) is 39.0 Å². The van der Waals surface area contributed by atoms with Crippen molar-refractivity contribution in [3.8, 4) is 11.5 Å². The highest BCUT2D eigenvalue weighted by molar-refractivity contribution is 7.89. The fraction of sp³-hybridized carbons (Fsp3) is 0.400. The molecular formula is C20H27NO4S. The van der Waals surface area contributed by atoms with Gasteiger partial charge < -0.3 is 9.47 Å². The van der Waals surface area contributed by atoms with Gasteiger partial charge in [0.1, 0.15) is 23.0 Å². The van der Waals surface area contributed by atoms with Crippen LogP contribution in [0.15, 0.2) is 47.4 Å². The van der Waals surface area contributed by atoms with Gasteiger partial charge in [0.05, 0.1) is 7.11 Å². The first kappa shape index (κ1) is 20.3. The topological polar surface area (TPSA) is 64.6 Å². The Kier molecular flexibility index (Phi) is 6.31. The molecule has 0 fully saturated rings. The molecule has 26 heavy (non-hydrogen) atoms. The first-order chi connectivity index (χ1) is 12.1. The monoisotopic (exact) mass is 377 g/mol. The number of methoxy groups -OCH3 is 1. The van der Waals surface area contributed by atoms with Crippen LogP contribution in [0.1, 0.15) is 31.9 Å². The van der Waals surface area contributed by atoms with E-state index >= 15 is 0 Å². The van der Waals surface area contributed by atoms with Crippen LogP contribution in [0.4, 0.5) is 0 Å². The van der Waals surface area contributed by atoms with Crippen LogP contribution in [0.3, 0.4) is 0 Å². The van der Waals surface area contributed by atoms with Crippen molar-refractivity contribution in [1.29, 1.82) is 0 Å². The Bertz CT molecular complexity index is 837. The lowest BCUT2D eigenvalue weighted by molar-refractivity contribution is 0.322. The molecule has 0 aliphatic heterocycles. The van der Waals surface area contributed by atoms with Gasteiger partial charge in [0, 0.05) is 6.54 Å². The molecule has 2 aromatic carbocycles. The number of aryl methyl sites for hydroxylation is 1. The molecule has 0 aliphatic rings. The third kappa shape index (κ3) is 5.22. The Morgan fingerprint density at radius 2 is 1.69 bits per heavy atom. The molecular weight excluding hydrogens is 350 g/mol. The highest BCUT2D eigenvalue weighted by Crippen LogP contribution is 2.25. The first-order valence-corrected chi connectivity index (χ1v) is 9.99. The summed E-state index contributed by atoms with van der Waals surface area (Å²) in [4.78, 5) is 0.134. The Labute approximate surface area is 156 Å². The predicted octanol–water partition coefficient (Wildman–Crippen LogP) is 3.66. The van der Waals surface area contributed by atoms with Gasteiger partial charge >= 0.3 is 0 Å². The number of benzene rings is 2. The average Bonchev–Trinajstić information content (AvgIpc) is 2.58. The molecule has 1 N–H and O–H groups in total. The molecule has 0 bridgehead atoms. The molecule has 2 aromatic rings. The Hall–Kier alpha value is -2.05. The second-order valence-corrected chi connectivity index (χ2v) is 8.91. The van der Waals surface area contributed by atoms with Gasteiger partial charge in [0.15, 0.2) is 0 Å². The van der Waals surface area contributed by atoms with Gasteiger partial charge in [0.25, 0.3) is 0 Å². The summed E-state index contributed by atoms with van der Waals surface area (Å²) in [5.74, 6) is 1.03. The van der Waals surface area contributed by atoms with Gasteiger partial charge in [-0.3, -0.25) is 0 Å². The number of ether oxygens (including phenoxy) is 2. The highest BCUT2D eigenvalue weighted by atomic mass is 32.2. The molecule has 0 atom stereocenters. The van der Waals surface area contributed by atoms with Gasteiger partial charge in [-0.15, -0.1) is 0 Å². The minimum absolute atomic E-state index is 0.0844. The molecule has 0 spiro atoms. The summed E-state index contributed by atoms with van der Waals surface area (Å²) < 4.78 is 38.3. The van der Waals surface area contributed by atoms with Crippen molar-refractivity contribution < 1.29 is 17.9 Å². The van der Waals surface area contributed by atoms with E-state index in [0.717, 1.165) is 5.56 Å². The van der Waals surface area contributed by atoms with Crippen LogP contribution >= 0.6 is 0 Å². The van der Waals surface area contributed by atoms with Crippen LogP contribution in [-0.2, 0) is 15.4 Å². The molecule has 142 valence electrons. The summed E-state index contributed by atoms with van der Waals surface area (Å²) in [5, 5.41) is 0. The van der Waals surface area contributed by atoms with E-state index in [1.54, 1.807) is 12.1 Å². The van der Waals surface area contributed by atoms with E-state index in [2.05, 4.69) is 25.5 Å². The molecule has 2 rings (SSSR count). The van der Waals surface area contributed by atoms with Crippen LogP contribution in [-0.4, -0.2) is 28.7 Å². The van der Waals surface area contributed by atoms with Crippen LogP contribution < -0.4 is 14.2 Å². The summed E-state index contributed by atoms with van der Waals surface area (Å²) >= 11 is 0. The molecule has 0 unspecified atom stereocenters. The van der Waals surface area contributed by atoms with E-state index < -0.39 is 10.0 Å². The van der Waals surface area contributed by atoms with Crippen molar-refractivity contribution >= 4 is 10.0 Å². The maximum absolute atomic E-state index is 12.5. The molecule has 0 radical (unpaired) electrons. The maximum Gasteiger partial charge on any atom is 0.244 e. The van der Waals surface area contributed by atoms with Crippen molar-refractivity contribution in [2.45, 2.75) is 38.0 Å². The normalized spacial score (nSPS) is 12.0. The van der Waals surface area contributed by atoms with E-state index in [0.29, 0.717) is 11.5 Å². The summed E-state index contributed by atoms with van der Waals surface area (Å²) in [6.45, 7) is 8.69. The molecule has 0 saturated heterocycles. The number of nitrogens with one attached hydrogen (secondary N) is 1. The molecule has 0 saturated carbocycles. The van der Waals surface area contributed by atoms with Gasteiger partial charge in [-0.25, -0.2) is 13.1 Å². The third-order valence-corrected chi connectivity index (χ3v) is 5.47. The minimum atomic E-state index is -3.66. The SMILES string of the molecule is COc1ccc(C)cc1S(=O)(=O)NCCOc1ccc(C(C)(C)C)cc1. The summed E-state index contributed by atoms with van der Waals surface area (Å²) in [6.07, 6.45) is 0. The van der Waals surface area contributed by atoms with Gasteiger partial charge in [-0.05, 0) is 47.7 Å². The van der Waals surface area contributed by atoms with E-state index in [-0.39, 0.29) is 23.5 Å². The standard InChI is InChI=1S/C20H27NO4S/c1-15-6-11-18(24-5)19(14-15)26(22,23)21-12-13-25-17-9-7-16(8-10-17)20(2,3)4/h6-11,14,21H,12-13H2,1-5H3. The largest absolute Gasteiger partial charge is 0.495 e. The Morgan fingerprint density at radius 3 is 2.27 bits per heavy atom. The summed E-state index contributed by atoms with van der Waals surface area (Å²) in [7, 11) is -2.21. The van der Waals surface area contributed by atoms with E-state index in [1.165, 1.54) is 12.7 Å². The Balaban J connectivity index is 1.94. The van der Waals surface area contributed by atoms with Crippen molar-refractivity contribution in [3.63, 3.8) is 0 Å². The number of hydrogen-bond donors (Lipinski definition) is 1. The molecule has 0 aromatic heterocycles. The second kappa shape index (κ2) is 8.10. The van der Waals surface area contributed by atoms with Crippen molar-refractivity contribution in [1.82, 2.24) is 4.72 Å².